The van der Waals surface area contributed by atoms with E-state index >= 15 is 0 Å². The lowest BCUT2D eigenvalue weighted by atomic mass is 10.1. The lowest BCUT2D eigenvalue weighted by Crippen LogP contribution is -2.26. The van der Waals surface area contributed by atoms with Crippen molar-refractivity contribution in [2.75, 3.05) is 0 Å². The molecule has 1 amide bonds. The zero-order valence-electron chi connectivity index (χ0n) is 17.2. The van der Waals surface area contributed by atoms with Gasteiger partial charge in [-0.15, -0.1) is 0 Å². The number of pyridine rings is 1. The van der Waals surface area contributed by atoms with E-state index in [9.17, 15) is 14.0 Å². The summed E-state index contributed by atoms with van der Waals surface area (Å²) in [4.78, 5) is 34.4. The standard InChI is InChI=1S/C24H21FN4O2/c1-15(2)29-22-20(4-3-13-26-22)28-21(24(29)31)17-7-9-18(10-8-17)23(30)27-14-16-5-11-19(25)12-6-16/h3-13,15H,14H2,1-2H3,(H,27,30). The lowest BCUT2D eigenvalue weighted by Gasteiger charge is -2.14. The topological polar surface area (TPSA) is 76.9 Å². The number of aromatic nitrogens is 3. The van der Waals surface area contributed by atoms with Crippen LogP contribution in [0.25, 0.3) is 22.4 Å². The minimum Gasteiger partial charge on any atom is -0.348 e. The van der Waals surface area contributed by atoms with Crippen LogP contribution in [-0.4, -0.2) is 20.4 Å². The molecule has 0 spiro atoms. The van der Waals surface area contributed by atoms with Crippen molar-refractivity contribution in [1.82, 2.24) is 19.9 Å². The summed E-state index contributed by atoms with van der Waals surface area (Å²) >= 11 is 0. The van der Waals surface area contributed by atoms with Gasteiger partial charge in [0.1, 0.15) is 17.0 Å². The molecule has 1 N–H and O–H groups in total. The van der Waals surface area contributed by atoms with Crippen LogP contribution in [0, 0.1) is 5.82 Å². The summed E-state index contributed by atoms with van der Waals surface area (Å²) in [7, 11) is 0. The molecular formula is C24H21FN4O2. The first kappa shape index (κ1) is 20.4. The van der Waals surface area contributed by atoms with Gasteiger partial charge in [0.2, 0.25) is 0 Å². The number of benzene rings is 2. The van der Waals surface area contributed by atoms with E-state index in [4.69, 9.17) is 0 Å². The third-order valence-electron chi connectivity index (χ3n) is 4.95. The van der Waals surface area contributed by atoms with E-state index in [1.165, 1.54) is 12.1 Å². The normalized spacial score (nSPS) is 11.1. The van der Waals surface area contributed by atoms with Gasteiger partial charge >= 0.3 is 0 Å². The maximum absolute atomic E-state index is 13.1. The largest absolute Gasteiger partial charge is 0.348 e. The molecule has 4 aromatic rings. The van der Waals surface area contributed by atoms with Crippen LogP contribution in [0.5, 0.6) is 0 Å². The molecule has 2 aromatic carbocycles. The summed E-state index contributed by atoms with van der Waals surface area (Å²) in [6.45, 7) is 4.14. The second-order valence-corrected chi connectivity index (χ2v) is 7.46. The third kappa shape index (κ3) is 4.21. The minimum atomic E-state index is -0.319. The summed E-state index contributed by atoms with van der Waals surface area (Å²) in [5.41, 5.74) is 3.14. The summed E-state index contributed by atoms with van der Waals surface area (Å²) in [6.07, 6.45) is 1.64. The van der Waals surface area contributed by atoms with Crippen LogP contribution in [0.2, 0.25) is 0 Å². The molecule has 2 aromatic heterocycles. The van der Waals surface area contributed by atoms with Crippen molar-refractivity contribution >= 4 is 17.1 Å². The third-order valence-corrected chi connectivity index (χ3v) is 4.95. The van der Waals surface area contributed by atoms with E-state index in [0.29, 0.717) is 34.5 Å². The maximum Gasteiger partial charge on any atom is 0.278 e. The van der Waals surface area contributed by atoms with Crippen LogP contribution in [-0.2, 0) is 6.54 Å². The van der Waals surface area contributed by atoms with Crippen molar-refractivity contribution in [2.24, 2.45) is 0 Å². The highest BCUT2D eigenvalue weighted by Gasteiger charge is 2.16. The average molecular weight is 416 g/mol. The summed E-state index contributed by atoms with van der Waals surface area (Å²) < 4.78 is 14.6. The van der Waals surface area contributed by atoms with Crippen molar-refractivity contribution in [2.45, 2.75) is 26.4 Å². The Bertz CT molecular complexity index is 1300. The summed E-state index contributed by atoms with van der Waals surface area (Å²) in [6, 6.07) is 16.2. The molecule has 7 heteroatoms. The Balaban J connectivity index is 1.60. The van der Waals surface area contributed by atoms with Gasteiger partial charge in [-0.05, 0) is 55.8 Å². The predicted molar refractivity (Wildman–Crippen MR) is 117 cm³/mol. The molecule has 0 atom stereocenters. The van der Waals surface area contributed by atoms with Crippen LogP contribution in [0.15, 0.2) is 71.7 Å². The summed E-state index contributed by atoms with van der Waals surface area (Å²) in [5, 5.41) is 2.80. The Labute approximate surface area is 178 Å². The molecule has 31 heavy (non-hydrogen) atoms. The molecule has 0 fully saturated rings. The molecule has 0 aliphatic heterocycles. The number of carbonyl (C=O) groups is 1. The van der Waals surface area contributed by atoms with Gasteiger partial charge in [-0.3, -0.25) is 14.2 Å². The van der Waals surface area contributed by atoms with Crippen LogP contribution in [0.1, 0.15) is 35.8 Å². The molecule has 6 nitrogen and oxygen atoms in total. The second kappa shape index (κ2) is 8.47. The molecule has 0 aliphatic carbocycles. The minimum absolute atomic E-state index is 0.0804. The molecule has 0 saturated carbocycles. The van der Waals surface area contributed by atoms with Crippen molar-refractivity contribution in [3.8, 4) is 11.3 Å². The van der Waals surface area contributed by atoms with Crippen molar-refractivity contribution in [1.29, 1.82) is 0 Å². The van der Waals surface area contributed by atoms with E-state index in [2.05, 4.69) is 15.3 Å². The van der Waals surface area contributed by atoms with Crippen molar-refractivity contribution in [3.63, 3.8) is 0 Å². The van der Waals surface area contributed by atoms with Crippen LogP contribution in [0.4, 0.5) is 4.39 Å². The number of halogens is 1. The molecule has 0 aliphatic rings. The predicted octanol–water partition coefficient (Wildman–Crippen LogP) is 4.11. The Hall–Kier alpha value is -3.87. The lowest BCUT2D eigenvalue weighted by molar-refractivity contribution is 0.0951. The number of fused-ring (bicyclic) bond motifs is 1. The molecule has 4 rings (SSSR count). The number of nitrogens with one attached hydrogen (secondary N) is 1. The average Bonchev–Trinajstić information content (AvgIpc) is 2.78. The Morgan fingerprint density at radius 1 is 1.06 bits per heavy atom. The quantitative estimate of drug-likeness (QED) is 0.531. The first-order valence-corrected chi connectivity index (χ1v) is 9.94. The van der Waals surface area contributed by atoms with Gasteiger partial charge in [0, 0.05) is 29.9 Å². The number of hydrogen-bond acceptors (Lipinski definition) is 4. The van der Waals surface area contributed by atoms with E-state index in [1.54, 1.807) is 53.2 Å². The monoisotopic (exact) mass is 416 g/mol. The van der Waals surface area contributed by atoms with Gasteiger partial charge < -0.3 is 5.32 Å². The maximum atomic E-state index is 13.1. The number of hydrogen-bond donors (Lipinski definition) is 1. The van der Waals surface area contributed by atoms with Crippen LogP contribution >= 0.6 is 0 Å². The fourth-order valence-corrected chi connectivity index (χ4v) is 3.37. The molecule has 0 radical (unpaired) electrons. The van der Waals surface area contributed by atoms with E-state index in [0.717, 1.165) is 5.56 Å². The van der Waals surface area contributed by atoms with Gasteiger partial charge in [-0.2, -0.15) is 0 Å². The SMILES string of the molecule is CC(C)n1c(=O)c(-c2ccc(C(=O)NCc3ccc(F)cc3)cc2)nc2cccnc21. The van der Waals surface area contributed by atoms with E-state index < -0.39 is 0 Å². The number of rotatable bonds is 5. The highest BCUT2D eigenvalue weighted by molar-refractivity contribution is 5.94. The Morgan fingerprint density at radius 3 is 2.45 bits per heavy atom. The number of carbonyl (C=O) groups excluding carboxylic acids is 1. The highest BCUT2D eigenvalue weighted by Crippen LogP contribution is 2.19. The molecule has 2 heterocycles. The van der Waals surface area contributed by atoms with Gasteiger partial charge in [0.15, 0.2) is 5.65 Å². The fraction of sp³-hybridized carbons (Fsp3) is 0.167. The number of amides is 1. The zero-order chi connectivity index (χ0) is 22.0. The first-order chi connectivity index (χ1) is 14.9. The smallest absolute Gasteiger partial charge is 0.278 e. The van der Waals surface area contributed by atoms with Gasteiger partial charge in [0.25, 0.3) is 11.5 Å². The van der Waals surface area contributed by atoms with Crippen molar-refractivity contribution < 1.29 is 9.18 Å². The molecular weight excluding hydrogens is 395 g/mol. The molecule has 0 bridgehead atoms. The molecule has 0 saturated heterocycles. The highest BCUT2D eigenvalue weighted by atomic mass is 19.1. The van der Waals surface area contributed by atoms with E-state index in [1.807, 2.05) is 19.9 Å². The van der Waals surface area contributed by atoms with Gasteiger partial charge in [0.05, 0.1) is 0 Å². The Kier molecular flexibility index (Phi) is 5.58. The second-order valence-electron chi connectivity index (χ2n) is 7.46. The fourth-order valence-electron chi connectivity index (χ4n) is 3.37. The first-order valence-electron chi connectivity index (χ1n) is 9.94. The van der Waals surface area contributed by atoms with Crippen LogP contribution in [0.3, 0.4) is 0 Å². The van der Waals surface area contributed by atoms with Gasteiger partial charge in [-0.1, -0.05) is 24.3 Å². The molecule has 156 valence electrons. The van der Waals surface area contributed by atoms with Crippen LogP contribution < -0.4 is 10.9 Å². The Morgan fingerprint density at radius 2 is 1.77 bits per heavy atom. The molecule has 0 unspecified atom stereocenters. The van der Waals surface area contributed by atoms with Gasteiger partial charge in [-0.25, -0.2) is 14.4 Å². The zero-order valence-corrected chi connectivity index (χ0v) is 17.2. The summed E-state index contributed by atoms with van der Waals surface area (Å²) in [5.74, 6) is -0.577. The van der Waals surface area contributed by atoms with Crippen molar-refractivity contribution in [3.05, 3.63) is 94.2 Å². The van der Waals surface area contributed by atoms with E-state index in [-0.39, 0.29) is 23.3 Å². The number of nitrogens with zero attached hydrogens (tertiary/aromatic N) is 3.